The molecule has 3 aromatic heterocycles. The van der Waals surface area contributed by atoms with Gasteiger partial charge in [0.25, 0.3) is 21.6 Å². The van der Waals surface area contributed by atoms with Crippen LogP contribution in [0.3, 0.4) is 0 Å². The fourth-order valence-electron chi connectivity index (χ4n) is 12.8. The SMILES string of the molecule is CCN=c1ccc2c(-c3ccc(S(=O)(=O)NCCNC(=O)CCC[Si](C)(C)O[Si](C)(C)CSc4ncc(CN5C(=O)CC(SC[C@H](NC(=O)[C@H](CN)NC(=O)[C@H](CC(=O)O)NC(=O)CC[C@H](NC(=O)c6ccc(NCc7cnc8nc(N)[nH]c(=O)c8n7)cc6)C(=O)O)C(=O)O)C5=O)cn4)cc3S(=O)(=O)O)c3ccc(N(CC)CC)cc3oc-2c1. The van der Waals surface area contributed by atoms with E-state index in [1.165, 1.54) is 66.8 Å². The number of nitrogen functional groups attached to an aromatic ring is 1. The highest BCUT2D eigenvalue weighted by Crippen LogP contribution is 2.44. The molecule has 0 saturated carbocycles. The van der Waals surface area contributed by atoms with Gasteiger partial charge in [0.15, 0.2) is 33.0 Å². The Morgan fingerprint density at radius 3 is 2.13 bits per heavy atom. The summed E-state index contributed by atoms with van der Waals surface area (Å²) in [5.41, 5.74) is 14.3. The highest BCUT2D eigenvalue weighted by molar-refractivity contribution is 8.01. The number of aromatic amines is 1. The number of fused-ring (bicyclic) bond motifs is 3. The molecule has 5 atom stereocenters. The number of nitrogens with one attached hydrogen (secondary N) is 8. The number of hydrogen-bond acceptors (Lipinski definition) is 29. The summed E-state index contributed by atoms with van der Waals surface area (Å²) in [6.07, 6.45) is 2.33. The standard InChI is InChI=1S/C74H92N18O21S4Si2/c1-8-77-44-17-20-48-55(28-44)112-56-29-46(91(9-2)10-3)18-21-49(56)63(48)50-22-19-47(30-58(50)117(109,110)111)116(107,108)83-26-25-78-59(93)12-11-27-118(4,5)113-119(6,7)40-115-74-81-34-41(35-82-74)38-92-61(95)32-57(70(92)102)114-39-54(72(105)106)88-68(100)53(33-75)87-67(99)52(31-62(96)97)85-60(94)24-23-51(71(103)104)86-66(98)42-13-15-43(16-14-42)79-36-45-37-80-65-64(84-45)69(101)90-73(76)89-65/h13-22,28-30,34-35,37,51-54,57,79,83H,8-12,23-27,31-33,36,38-40,75H2,1-7H3,(H,78,93)(H,85,94)(H,86,98)(H,87,99)(H,88,100)(H,96,97)(H,103,104)(H,105,106)(H,109,110,111)(H3,76,80,89,90,101)/t51-,52-,53-,54-,57?/m0/s1. The molecule has 1 aliphatic carbocycles. The van der Waals surface area contributed by atoms with Crippen LogP contribution < -0.4 is 63.9 Å². The molecule has 0 radical (unpaired) electrons. The summed E-state index contributed by atoms with van der Waals surface area (Å²) in [7, 11) is -14.2. The van der Waals surface area contributed by atoms with E-state index in [1.807, 2.05) is 59.1 Å². The second kappa shape index (κ2) is 40.5. The molecule has 636 valence electrons. The van der Waals surface area contributed by atoms with E-state index < -0.39 is 166 Å². The molecule has 7 amide bonds. The van der Waals surface area contributed by atoms with Gasteiger partial charge in [-0.25, -0.2) is 42.7 Å². The first-order valence-corrected chi connectivity index (χ1v) is 48.6. The van der Waals surface area contributed by atoms with Crippen LogP contribution >= 0.6 is 23.5 Å². The summed E-state index contributed by atoms with van der Waals surface area (Å²) in [6, 6.07) is 13.6. The zero-order valence-corrected chi connectivity index (χ0v) is 71.0. The summed E-state index contributed by atoms with van der Waals surface area (Å²) in [4.78, 5) is 172. The van der Waals surface area contributed by atoms with Crippen molar-refractivity contribution in [2.45, 2.75) is 149 Å². The number of carboxylic acids is 3. The number of aromatic nitrogens is 6. The minimum atomic E-state index is -5.04. The third kappa shape index (κ3) is 25.2. The number of benzene rings is 4. The molecule has 0 bridgehead atoms. The van der Waals surface area contributed by atoms with Crippen molar-refractivity contribution in [2.75, 3.05) is 66.3 Å². The summed E-state index contributed by atoms with van der Waals surface area (Å²) in [5.74, 6) is -10.7. The highest BCUT2D eigenvalue weighted by atomic mass is 32.2. The van der Waals surface area contributed by atoms with E-state index in [1.54, 1.807) is 24.3 Å². The molecule has 0 spiro atoms. The predicted molar refractivity (Wildman–Crippen MR) is 444 cm³/mol. The van der Waals surface area contributed by atoms with Crippen molar-refractivity contribution in [3.63, 3.8) is 0 Å². The number of imide groups is 1. The van der Waals surface area contributed by atoms with E-state index in [9.17, 15) is 89.4 Å². The third-order valence-corrected chi connectivity index (χ3v) is 32.0. The number of aliphatic carboxylic acids is 3. The lowest BCUT2D eigenvalue weighted by atomic mass is 9.93. The van der Waals surface area contributed by atoms with Gasteiger partial charge >= 0.3 is 17.9 Å². The number of carbonyl (C=O) groups excluding carboxylic acids is 7. The van der Waals surface area contributed by atoms with Gasteiger partial charge in [0.2, 0.25) is 51.4 Å². The molecule has 6 aromatic rings. The Balaban J connectivity index is 0.679. The minimum absolute atomic E-state index is 0.0235. The number of carbonyl (C=O) groups is 10. The normalized spacial score (nSPS) is 14.5. The lowest BCUT2D eigenvalue weighted by molar-refractivity contribution is -0.142. The molecule has 1 saturated heterocycles. The van der Waals surface area contributed by atoms with Crippen LogP contribution in [0, 0.1) is 0 Å². The van der Waals surface area contributed by atoms with E-state index in [0.717, 1.165) is 28.4 Å². The van der Waals surface area contributed by atoms with Crippen LogP contribution in [0.1, 0.15) is 80.9 Å². The summed E-state index contributed by atoms with van der Waals surface area (Å²) in [6.45, 7) is 14.9. The van der Waals surface area contributed by atoms with Crippen molar-refractivity contribution in [1.29, 1.82) is 0 Å². The third-order valence-electron chi connectivity index (χ3n) is 18.6. The number of rotatable bonds is 43. The number of amides is 7. The molecule has 3 aliphatic rings. The van der Waals surface area contributed by atoms with Crippen molar-refractivity contribution in [2.24, 2.45) is 10.7 Å². The number of likely N-dealkylation sites (tertiary alicyclic amines) is 1. The molecule has 16 N–H and O–H groups in total. The summed E-state index contributed by atoms with van der Waals surface area (Å²) in [5, 5.41) is 45.3. The molecule has 45 heteroatoms. The molecular weight excluding hydrogens is 1660 g/mol. The van der Waals surface area contributed by atoms with E-state index in [4.69, 9.17) is 20.0 Å². The van der Waals surface area contributed by atoms with Crippen LogP contribution in [-0.2, 0) is 80.5 Å². The Kier molecular flexibility index (Phi) is 31.2. The van der Waals surface area contributed by atoms with Crippen molar-refractivity contribution in [1.82, 2.24) is 66.1 Å². The molecule has 2 aliphatic heterocycles. The maximum absolute atomic E-state index is 13.7. The number of anilines is 3. The van der Waals surface area contributed by atoms with Crippen LogP contribution in [0.25, 0.3) is 44.6 Å². The zero-order chi connectivity index (χ0) is 86.8. The van der Waals surface area contributed by atoms with Crippen molar-refractivity contribution < 1.29 is 93.2 Å². The fourth-order valence-corrected chi connectivity index (χ4v) is 26.2. The van der Waals surface area contributed by atoms with E-state index in [-0.39, 0.29) is 73.2 Å². The molecule has 3 aromatic carbocycles. The minimum Gasteiger partial charge on any atom is -0.481 e. The Hall–Kier alpha value is -11.2. The Labute approximate surface area is 692 Å². The van der Waals surface area contributed by atoms with Crippen LogP contribution in [0.2, 0.25) is 32.2 Å². The number of nitrogens with zero attached hydrogens (tertiary/aromatic N) is 8. The Morgan fingerprint density at radius 1 is 0.773 bits per heavy atom. The Morgan fingerprint density at radius 2 is 1.46 bits per heavy atom. The van der Waals surface area contributed by atoms with Gasteiger partial charge in [0.05, 0.1) is 46.9 Å². The maximum Gasteiger partial charge on any atom is 0.327 e. The average molecular weight is 1750 g/mol. The lowest BCUT2D eigenvalue weighted by Crippen LogP contribution is -2.58. The first-order chi connectivity index (χ1) is 56.3. The second-order valence-corrected chi connectivity index (χ2v) is 43.1. The van der Waals surface area contributed by atoms with E-state index in [2.05, 4.69) is 76.4 Å². The molecule has 5 heterocycles. The number of H-pyrrole nitrogens is 1. The number of thioether (sulfide) groups is 2. The van der Waals surface area contributed by atoms with Crippen LogP contribution in [-0.4, -0.2) is 227 Å². The maximum atomic E-state index is 13.7. The quantitative estimate of drug-likeness (QED) is 0.00496. The monoisotopic (exact) mass is 1750 g/mol. The Bertz CT molecular complexity index is 5490. The smallest absolute Gasteiger partial charge is 0.327 e. The fraction of sp³-hybridized carbons (Fsp3) is 0.392. The van der Waals surface area contributed by atoms with E-state index in [0.29, 0.717) is 92.8 Å². The molecular formula is C74H92N18O21S4Si2. The summed E-state index contributed by atoms with van der Waals surface area (Å²) >= 11 is 2.12. The highest BCUT2D eigenvalue weighted by Gasteiger charge is 2.41. The van der Waals surface area contributed by atoms with Gasteiger partial charge in [-0.3, -0.25) is 62.6 Å². The first kappa shape index (κ1) is 91.7. The topological polar surface area (TPSA) is 595 Å². The van der Waals surface area contributed by atoms with Gasteiger partial charge in [-0.05, 0) is 127 Å². The number of hydrogen-bond donors (Lipinski definition) is 14. The van der Waals surface area contributed by atoms with Gasteiger partial charge in [-0.15, -0.1) is 11.8 Å². The molecule has 1 unspecified atom stereocenters. The number of nitrogens with two attached hydrogens (primary N) is 2. The van der Waals surface area contributed by atoms with Gasteiger partial charge in [-0.1, -0.05) is 17.8 Å². The predicted octanol–water partition coefficient (Wildman–Crippen LogP) is 3.16. The number of carboxylic acid groups (broad SMARTS) is 3. The van der Waals surface area contributed by atoms with Crippen molar-refractivity contribution >= 4 is 159 Å². The van der Waals surface area contributed by atoms with Crippen molar-refractivity contribution in [3.8, 4) is 22.5 Å². The van der Waals surface area contributed by atoms with Crippen LogP contribution in [0.4, 0.5) is 17.3 Å². The largest absolute Gasteiger partial charge is 0.481 e. The zero-order valence-electron chi connectivity index (χ0n) is 65.7. The number of sulfonamides is 1. The average Bonchev–Trinajstić information content (AvgIpc) is 0.888. The molecule has 1 fully saturated rings. The van der Waals surface area contributed by atoms with E-state index >= 15 is 0 Å². The van der Waals surface area contributed by atoms with Crippen LogP contribution in [0.5, 0.6) is 0 Å². The van der Waals surface area contributed by atoms with Gasteiger partial charge in [-0.2, -0.15) is 13.4 Å². The molecule has 39 nitrogen and oxygen atoms in total. The lowest BCUT2D eigenvalue weighted by Gasteiger charge is -2.33. The molecule has 9 rings (SSSR count). The first-order valence-electron chi connectivity index (χ1n) is 37.5. The van der Waals surface area contributed by atoms with Gasteiger partial charge in [0, 0.05) is 139 Å². The van der Waals surface area contributed by atoms with Gasteiger partial charge in [0.1, 0.15) is 40.4 Å². The van der Waals surface area contributed by atoms with Crippen LogP contribution in [0.15, 0.2) is 127 Å². The molecule has 119 heavy (non-hydrogen) atoms. The van der Waals surface area contributed by atoms with Gasteiger partial charge < -0.3 is 72.1 Å². The second-order valence-electron chi connectivity index (χ2n) is 28.6. The summed E-state index contributed by atoms with van der Waals surface area (Å²) < 4.78 is 80.1. The van der Waals surface area contributed by atoms with Crippen molar-refractivity contribution in [3.05, 3.63) is 130 Å².